The van der Waals surface area contributed by atoms with Crippen molar-refractivity contribution in [3.63, 3.8) is 0 Å². The van der Waals surface area contributed by atoms with Gasteiger partial charge in [-0.1, -0.05) is 27.7 Å². The molecule has 0 bridgehead atoms. The molecule has 3 N–H and O–H groups in total. The molecule has 5 nitrogen and oxygen atoms in total. The van der Waals surface area contributed by atoms with Crippen LogP contribution in [-0.4, -0.2) is 50.0 Å². The van der Waals surface area contributed by atoms with Crippen LogP contribution in [0.1, 0.15) is 47.0 Å². The lowest BCUT2D eigenvalue weighted by Crippen LogP contribution is -2.34. The van der Waals surface area contributed by atoms with E-state index in [2.05, 4.69) is 38.3 Å². The van der Waals surface area contributed by atoms with Gasteiger partial charge in [0.2, 0.25) is 5.91 Å². The van der Waals surface area contributed by atoms with Crippen LogP contribution in [0, 0.1) is 11.8 Å². The van der Waals surface area contributed by atoms with Gasteiger partial charge in [0.1, 0.15) is 0 Å². The lowest BCUT2D eigenvalue weighted by atomic mass is 10.1. The summed E-state index contributed by atoms with van der Waals surface area (Å²) in [6.07, 6.45) is 2.12. The highest BCUT2D eigenvalue weighted by Crippen LogP contribution is 2.03. The number of nitrogens with one attached hydrogen (secondary N) is 2. The Morgan fingerprint density at radius 3 is 2.48 bits per heavy atom. The molecule has 126 valence electrons. The fourth-order valence-corrected chi connectivity index (χ4v) is 1.75. The van der Waals surface area contributed by atoms with E-state index in [1.807, 2.05) is 0 Å². The summed E-state index contributed by atoms with van der Waals surface area (Å²) >= 11 is 0. The molecule has 0 radical (unpaired) electrons. The van der Waals surface area contributed by atoms with Crippen molar-refractivity contribution in [2.75, 3.05) is 32.8 Å². The summed E-state index contributed by atoms with van der Waals surface area (Å²) in [7, 11) is 0. The summed E-state index contributed by atoms with van der Waals surface area (Å²) in [5.41, 5.74) is 0. The van der Waals surface area contributed by atoms with Crippen LogP contribution >= 0.6 is 0 Å². The van der Waals surface area contributed by atoms with Gasteiger partial charge in [-0.15, -0.1) is 0 Å². The molecule has 21 heavy (non-hydrogen) atoms. The average molecular weight is 302 g/mol. The monoisotopic (exact) mass is 302 g/mol. The summed E-state index contributed by atoms with van der Waals surface area (Å²) in [5.74, 6) is 1.22. The molecular weight excluding hydrogens is 268 g/mol. The van der Waals surface area contributed by atoms with Gasteiger partial charge in [-0.3, -0.25) is 4.79 Å². The van der Waals surface area contributed by atoms with Crippen molar-refractivity contribution in [3.05, 3.63) is 0 Å². The molecule has 0 rings (SSSR count). The van der Waals surface area contributed by atoms with E-state index in [1.54, 1.807) is 0 Å². The summed E-state index contributed by atoms with van der Waals surface area (Å²) in [6, 6.07) is 0. The van der Waals surface area contributed by atoms with E-state index in [0.29, 0.717) is 51.1 Å². The van der Waals surface area contributed by atoms with Crippen molar-refractivity contribution >= 4 is 5.91 Å². The minimum Gasteiger partial charge on any atom is -0.389 e. The molecule has 0 aliphatic rings. The number of hydrogen-bond donors (Lipinski definition) is 3. The van der Waals surface area contributed by atoms with Crippen LogP contribution in [0.4, 0.5) is 0 Å². The van der Waals surface area contributed by atoms with Gasteiger partial charge in [0.05, 0.1) is 12.7 Å². The third-order valence-electron chi connectivity index (χ3n) is 3.00. The second-order valence-electron chi connectivity index (χ2n) is 6.42. The van der Waals surface area contributed by atoms with Crippen molar-refractivity contribution in [3.8, 4) is 0 Å². The molecule has 0 aliphatic heterocycles. The number of hydrogen-bond acceptors (Lipinski definition) is 4. The Kier molecular flexibility index (Phi) is 12.6. The van der Waals surface area contributed by atoms with Crippen LogP contribution in [-0.2, 0) is 9.53 Å². The molecule has 0 saturated carbocycles. The third kappa shape index (κ3) is 15.6. The second-order valence-corrected chi connectivity index (χ2v) is 6.42. The molecule has 0 fully saturated rings. The number of rotatable bonds is 13. The largest absolute Gasteiger partial charge is 0.389 e. The molecule has 5 heteroatoms. The first-order valence-electron chi connectivity index (χ1n) is 8.15. The quantitative estimate of drug-likeness (QED) is 0.452. The molecule has 0 aliphatic carbocycles. The van der Waals surface area contributed by atoms with E-state index in [0.717, 1.165) is 12.8 Å². The maximum absolute atomic E-state index is 11.5. The Hall–Kier alpha value is -0.650. The van der Waals surface area contributed by atoms with Crippen molar-refractivity contribution in [2.24, 2.45) is 11.8 Å². The van der Waals surface area contributed by atoms with Crippen LogP contribution < -0.4 is 10.6 Å². The highest BCUT2D eigenvalue weighted by Gasteiger charge is 2.05. The molecule has 0 aromatic rings. The number of carbonyl (C=O) groups excluding carboxylic acids is 1. The van der Waals surface area contributed by atoms with Gasteiger partial charge in [0.15, 0.2) is 0 Å². The Balaban J connectivity index is 3.37. The van der Waals surface area contributed by atoms with Gasteiger partial charge in [0, 0.05) is 32.7 Å². The van der Waals surface area contributed by atoms with Gasteiger partial charge in [-0.2, -0.15) is 0 Å². The van der Waals surface area contributed by atoms with Crippen LogP contribution in [0.3, 0.4) is 0 Å². The van der Waals surface area contributed by atoms with E-state index in [1.165, 1.54) is 0 Å². The molecule has 1 atom stereocenters. The third-order valence-corrected chi connectivity index (χ3v) is 3.00. The molecule has 0 aromatic carbocycles. The van der Waals surface area contributed by atoms with E-state index in [4.69, 9.17) is 4.74 Å². The van der Waals surface area contributed by atoms with E-state index >= 15 is 0 Å². The Labute approximate surface area is 129 Å². The zero-order valence-corrected chi connectivity index (χ0v) is 14.2. The van der Waals surface area contributed by atoms with E-state index in [9.17, 15) is 9.90 Å². The number of carbonyl (C=O) groups is 1. The van der Waals surface area contributed by atoms with Crippen LogP contribution in [0.15, 0.2) is 0 Å². The Morgan fingerprint density at radius 2 is 1.86 bits per heavy atom. The van der Waals surface area contributed by atoms with Crippen LogP contribution in [0.2, 0.25) is 0 Å². The highest BCUT2D eigenvalue weighted by atomic mass is 16.5. The predicted molar refractivity (Wildman–Crippen MR) is 86.2 cm³/mol. The normalized spacial score (nSPS) is 12.9. The van der Waals surface area contributed by atoms with Crippen LogP contribution in [0.25, 0.3) is 0 Å². The highest BCUT2D eigenvalue weighted by molar-refractivity contribution is 5.76. The number of amides is 1. The molecule has 0 spiro atoms. The van der Waals surface area contributed by atoms with Gasteiger partial charge in [-0.25, -0.2) is 0 Å². The second kappa shape index (κ2) is 13.0. The van der Waals surface area contributed by atoms with Crippen molar-refractivity contribution in [1.29, 1.82) is 0 Å². The first-order chi connectivity index (χ1) is 9.91. The molecule has 1 amide bonds. The summed E-state index contributed by atoms with van der Waals surface area (Å²) in [6.45, 7) is 11.3. The zero-order chi connectivity index (χ0) is 16.1. The first kappa shape index (κ1) is 20.3. The lowest BCUT2D eigenvalue weighted by Gasteiger charge is -2.13. The number of aliphatic hydroxyl groups excluding tert-OH is 1. The summed E-state index contributed by atoms with van der Waals surface area (Å²) in [4.78, 5) is 11.5. The van der Waals surface area contributed by atoms with E-state index in [-0.39, 0.29) is 5.91 Å². The van der Waals surface area contributed by atoms with Crippen molar-refractivity contribution in [2.45, 2.75) is 53.1 Å². The lowest BCUT2D eigenvalue weighted by molar-refractivity contribution is -0.121. The molecule has 1 unspecified atom stereocenters. The molecule has 0 heterocycles. The standard InChI is InChI=1S/C16H34N2O3/c1-13(2)6-5-9-21-12-15(19)11-17-8-7-16(20)18-10-14(3)4/h13-15,17,19H,5-12H2,1-4H3,(H,18,20). The Bertz CT molecular complexity index is 258. The number of aliphatic hydroxyl groups is 1. The summed E-state index contributed by atoms with van der Waals surface area (Å²) < 4.78 is 5.42. The maximum atomic E-state index is 11.5. The fraction of sp³-hybridized carbons (Fsp3) is 0.938. The Morgan fingerprint density at radius 1 is 1.14 bits per heavy atom. The van der Waals surface area contributed by atoms with Gasteiger partial charge in [0.25, 0.3) is 0 Å². The minimum absolute atomic E-state index is 0.0515. The average Bonchev–Trinajstić information content (AvgIpc) is 2.40. The first-order valence-corrected chi connectivity index (χ1v) is 8.15. The van der Waals surface area contributed by atoms with E-state index < -0.39 is 6.10 Å². The smallest absolute Gasteiger partial charge is 0.221 e. The zero-order valence-electron chi connectivity index (χ0n) is 14.2. The SMILES string of the molecule is CC(C)CCCOCC(O)CNCCC(=O)NCC(C)C. The van der Waals surface area contributed by atoms with Crippen molar-refractivity contribution < 1.29 is 14.6 Å². The predicted octanol–water partition coefficient (Wildman–Crippen LogP) is 1.55. The van der Waals surface area contributed by atoms with Crippen molar-refractivity contribution in [1.82, 2.24) is 10.6 Å². The number of ether oxygens (including phenoxy) is 1. The molecule has 0 aromatic heterocycles. The van der Waals surface area contributed by atoms with Gasteiger partial charge in [-0.05, 0) is 24.7 Å². The fourth-order valence-electron chi connectivity index (χ4n) is 1.75. The van der Waals surface area contributed by atoms with Gasteiger partial charge < -0.3 is 20.5 Å². The van der Waals surface area contributed by atoms with Gasteiger partial charge >= 0.3 is 0 Å². The topological polar surface area (TPSA) is 70.6 Å². The summed E-state index contributed by atoms with van der Waals surface area (Å²) in [5, 5.41) is 15.6. The van der Waals surface area contributed by atoms with Crippen LogP contribution in [0.5, 0.6) is 0 Å². The minimum atomic E-state index is -0.511. The molecular formula is C16H34N2O3. The maximum Gasteiger partial charge on any atom is 0.221 e. The molecule has 0 saturated heterocycles.